The number of rotatable bonds is 4. The van der Waals surface area contributed by atoms with Gasteiger partial charge < -0.3 is 19.8 Å². The van der Waals surface area contributed by atoms with Crippen molar-refractivity contribution in [2.24, 2.45) is 0 Å². The Hall–Kier alpha value is -2.90. The van der Waals surface area contributed by atoms with E-state index in [1.165, 1.54) is 11.1 Å². The standard InChI is InChI=1S/C17H18N4O4/c22-15(9-20-10-17(24)25-19-20)18-13-7-16(23)21(8-13)14-5-11-3-1-2-4-12(11)6-14/h1-4,10,13-14H,5-9H2,(H-,18,19,22,24). The molecule has 0 bridgehead atoms. The van der Waals surface area contributed by atoms with Gasteiger partial charge in [-0.05, 0) is 24.0 Å². The number of carbonyl (C=O) groups excluding carboxylic acids is 2. The summed E-state index contributed by atoms with van der Waals surface area (Å²) in [5.74, 6) is -0.831. The maximum Gasteiger partial charge on any atom is 0.288 e. The van der Waals surface area contributed by atoms with Crippen LogP contribution in [0, 0.1) is 0 Å². The first kappa shape index (κ1) is 15.6. The Labute approximate surface area is 144 Å². The van der Waals surface area contributed by atoms with Gasteiger partial charge in [0.2, 0.25) is 12.1 Å². The van der Waals surface area contributed by atoms with E-state index in [4.69, 9.17) is 0 Å². The Balaban J connectivity index is 1.34. The van der Waals surface area contributed by atoms with Crippen molar-refractivity contribution >= 4 is 11.8 Å². The lowest BCUT2D eigenvalue weighted by molar-refractivity contribution is -0.751. The molecule has 8 heteroatoms. The van der Waals surface area contributed by atoms with Gasteiger partial charge in [-0.25, -0.2) is 0 Å². The van der Waals surface area contributed by atoms with Gasteiger partial charge in [0.15, 0.2) is 0 Å². The first-order chi connectivity index (χ1) is 12.1. The molecule has 2 heterocycles. The predicted molar refractivity (Wildman–Crippen MR) is 82.0 cm³/mol. The van der Waals surface area contributed by atoms with E-state index < -0.39 is 5.95 Å². The van der Waals surface area contributed by atoms with E-state index in [1.54, 1.807) is 0 Å². The van der Waals surface area contributed by atoms with Crippen LogP contribution in [0.15, 0.2) is 35.0 Å². The van der Waals surface area contributed by atoms with Crippen LogP contribution in [-0.4, -0.2) is 40.6 Å². The number of benzene rings is 1. The summed E-state index contributed by atoms with van der Waals surface area (Å²) in [7, 11) is 0. The fraction of sp³-hybridized carbons (Fsp3) is 0.412. The van der Waals surface area contributed by atoms with Gasteiger partial charge in [-0.1, -0.05) is 28.9 Å². The average Bonchev–Trinajstić information content (AvgIpc) is 3.25. The fourth-order valence-corrected chi connectivity index (χ4v) is 3.69. The van der Waals surface area contributed by atoms with Crippen LogP contribution in [0.2, 0.25) is 0 Å². The lowest BCUT2D eigenvalue weighted by Gasteiger charge is -2.24. The number of carbonyl (C=O) groups is 2. The molecule has 1 N–H and O–H groups in total. The molecule has 0 spiro atoms. The summed E-state index contributed by atoms with van der Waals surface area (Å²) < 4.78 is 5.52. The van der Waals surface area contributed by atoms with Crippen LogP contribution >= 0.6 is 0 Å². The molecule has 1 atom stereocenters. The van der Waals surface area contributed by atoms with Crippen LogP contribution in [0.4, 0.5) is 0 Å². The average molecular weight is 342 g/mol. The van der Waals surface area contributed by atoms with E-state index in [9.17, 15) is 14.7 Å². The molecule has 2 aromatic rings. The Morgan fingerprint density at radius 3 is 2.68 bits per heavy atom. The van der Waals surface area contributed by atoms with Crippen molar-refractivity contribution in [2.45, 2.75) is 37.9 Å². The van der Waals surface area contributed by atoms with Gasteiger partial charge in [0, 0.05) is 19.0 Å². The van der Waals surface area contributed by atoms with Gasteiger partial charge in [0.25, 0.3) is 12.5 Å². The van der Waals surface area contributed by atoms with Crippen molar-refractivity contribution in [3.63, 3.8) is 0 Å². The minimum absolute atomic E-state index is 0.0686. The van der Waals surface area contributed by atoms with Gasteiger partial charge in [-0.15, -0.1) is 0 Å². The van der Waals surface area contributed by atoms with E-state index in [-0.39, 0.29) is 30.4 Å². The molecule has 1 fully saturated rings. The molecule has 0 radical (unpaired) electrons. The third-order valence-corrected chi connectivity index (χ3v) is 4.79. The van der Waals surface area contributed by atoms with Crippen LogP contribution < -0.4 is 15.1 Å². The number of aromatic nitrogens is 2. The normalized spacial score (nSPS) is 20.1. The summed E-state index contributed by atoms with van der Waals surface area (Å²) in [6.07, 6.45) is 3.14. The molecular formula is C17H18N4O4. The lowest BCUT2D eigenvalue weighted by Crippen LogP contribution is -2.47. The molecule has 1 aliphatic carbocycles. The Morgan fingerprint density at radius 2 is 2.04 bits per heavy atom. The summed E-state index contributed by atoms with van der Waals surface area (Å²) in [6.45, 7) is 0.408. The van der Waals surface area contributed by atoms with Crippen LogP contribution in [0.25, 0.3) is 0 Å². The number of fused-ring (bicyclic) bond motifs is 1. The third-order valence-electron chi connectivity index (χ3n) is 4.79. The summed E-state index contributed by atoms with van der Waals surface area (Å²) in [5, 5.41) is 17.2. The van der Waals surface area contributed by atoms with Gasteiger partial charge in [-0.3, -0.25) is 9.59 Å². The smallest absolute Gasteiger partial charge is 0.288 e. The van der Waals surface area contributed by atoms with Crippen LogP contribution in [0.1, 0.15) is 17.5 Å². The number of nitrogens with one attached hydrogen (secondary N) is 1. The van der Waals surface area contributed by atoms with Gasteiger partial charge in [0.1, 0.15) is 5.95 Å². The topological polar surface area (TPSA) is 102 Å². The zero-order chi connectivity index (χ0) is 17.4. The summed E-state index contributed by atoms with van der Waals surface area (Å²) in [5.41, 5.74) is 2.59. The first-order valence-electron chi connectivity index (χ1n) is 8.27. The molecule has 1 unspecified atom stereocenters. The Kier molecular flexibility index (Phi) is 3.87. The number of hydrogen-bond donors (Lipinski definition) is 1. The third kappa shape index (κ3) is 3.19. The molecule has 0 saturated carbocycles. The molecule has 4 rings (SSSR count). The number of likely N-dealkylation sites (tertiary alicyclic amines) is 1. The molecular weight excluding hydrogens is 324 g/mol. The van der Waals surface area contributed by atoms with E-state index in [2.05, 4.69) is 27.2 Å². The summed E-state index contributed by atoms with van der Waals surface area (Å²) in [6, 6.07) is 8.20. The van der Waals surface area contributed by atoms with E-state index in [1.807, 2.05) is 17.0 Å². The summed E-state index contributed by atoms with van der Waals surface area (Å²) >= 11 is 0. The molecule has 1 saturated heterocycles. The first-order valence-corrected chi connectivity index (χ1v) is 8.27. The monoisotopic (exact) mass is 342 g/mol. The number of nitrogens with zero attached hydrogens (tertiary/aromatic N) is 3. The SMILES string of the molecule is O=C(C[n+]1cc([O-])on1)NC1CC(=O)N(C2Cc3ccccc3C2)C1. The largest absolute Gasteiger partial charge is 0.539 e. The Morgan fingerprint density at radius 1 is 1.32 bits per heavy atom. The highest BCUT2D eigenvalue weighted by Crippen LogP contribution is 2.28. The highest BCUT2D eigenvalue weighted by molar-refractivity contribution is 5.82. The summed E-state index contributed by atoms with van der Waals surface area (Å²) in [4.78, 5) is 26.3. The quantitative estimate of drug-likeness (QED) is 0.712. The van der Waals surface area contributed by atoms with Crippen molar-refractivity contribution < 1.29 is 23.9 Å². The zero-order valence-corrected chi connectivity index (χ0v) is 13.6. The Bertz CT molecular complexity index is 793. The van der Waals surface area contributed by atoms with Crippen molar-refractivity contribution in [3.05, 3.63) is 41.6 Å². The molecule has 130 valence electrons. The molecule has 1 aliphatic heterocycles. The molecule has 2 aliphatic rings. The molecule has 2 amide bonds. The highest BCUT2D eigenvalue weighted by atomic mass is 16.6. The lowest BCUT2D eigenvalue weighted by atomic mass is 10.1. The van der Waals surface area contributed by atoms with Crippen molar-refractivity contribution in [1.82, 2.24) is 15.5 Å². The second-order valence-electron chi connectivity index (χ2n) is 6.56. The van der Waals surface area contributed by atoms with Gasteiger partial charge >= 0.3 is 0 Å². The second kappa shape index (κ2) is 6.19. The van der Waals surface area contributed by atoms with Crippen LogP contribution in [0.5, 0.6) is 5.95 Å². The second-order valence-corrected chi connectivity index (χ2v) is 6.56. The number of amides is 2. The minimum Gasteiger partial charge on any atom is -0.539 e. The maximum atomic E-state index is 12.4. The minimum atomic E-state index is -0.601. The van der Waals surface area contributed by atoms with E-state index in [0.29, 0.717) is 13.0 Å². The van der Waals surface area contributed by atoms with Crippen LogP contribution in [0.3, 0.4) is 0 Å². The highest BCUT2D eigenvalue weighted by Gasteiger charge is 2.37. The predicted octanol–water partition coefficient (Wildman–Crippen LogP) is -1.08. The fourth-order valence-electron chi connectivity index (χ4n) is 3.69. The van der Waals surface area contributed by atoms with Gasteiger partial charge in [0.05, 0.1) is 11.3 Å². The maximum absolute atomic E-state index is 12.4. The molecule has 1 aromatic heterocycles. The molecule has 8 nitrogen and oxygen atoms in total. The van der Waals surface area contributed by atoms with Crippen molar-refractivity contribution in [2.75, 3.05) is 6.54 Å². The van der Waals surface area contributed by atoms with E-state index in [0.717, 1.165) is 23.7 Å². The molecule has 1 aromatic carbocycles. The number of hydrogen-bond acceptors (Lipinski definition) is 5. The zero-order valence-electron chi connectivity index (χ0n) is 13.6. The van der Waals surface area contributed by atoms with Gasteiger partial charge in [-0.2, -0.15) is 0 Å². The molecule has 25 heavy (non-hydrogen) atoms. The van der Waals surface area contributed by atoms with Crippen molar-refractivity contribution in [1.29, 1.82) is 0 Å². The van der Waals surface area contributed by atoms with Crippen LogP contribution in [-0.2, 0) is 29.0 Å². The van der Waals surface area contributed by atoms with Crippen molar-refractivity contribution in [3.8, 4) is 5.95 Å². The van der Waals surface area contributed by atoms with E-state index >= 15 is 0 Å².